The zero-order chi connectivity index (χ0) is 14.4. The molecule has 1 aromatic carbocycles. The van der Waals surface area contributed by atoms with Crippen molar-refractivity contribution in [2.24, 2.45) is 5.73 Å². The van der Waals surface area contributed by atoms with Crippen molar-refractivity contribution in [1.29, 1.82) is 0 Å². The Kier molecular flexibility index (Phi) is 5.27. The highest BCUT2D eigenvalue weighted by atomic mass is 16.5. The van der Waals surface area contributed by atoms with Crippen molar-refractivity contribution in [1.82, 2.24) is 4.98 Å². The Hall–Kier alpha value is -1.71. The van der Waals surface area contributed by atoms with Crippen molar-refractivity contribution in [3.63, 3.8) is 0 Å². The monoisotopic (exact) mass is 270 g/mol. The summed E-state index contributed by atoms with van der Waals surface area (Å²) in [6.07, 6.45) is 2.43. The summed E-state index contributed by atoms with van der Waals surface area (Å²) in [4.78, 5) is 4.39. The molecule has 0 saturated heterocycles. The molecule has 3 heteroatoms. The van der Waals surface area contributed by atoms with Gasteiger partial charge in [-0.25, -0.2) is 0 Å². The quantitative estimate of drug-likeness (QED) is 0.871. The summed E-state index contributed by atoms with van der Waals surface area (Å²) in [6.45, 7) is 4.12. The van der Waals surface area contributed by atoms with Crippen LogP contribution in [0, 0.1) is 0 Å². The van der Waals surface area contributed by atoms with Gasteiger partial charge in [0.15, 0.2) is 0 Å². The van der Waals surface area contributed by atoms with Crippen LogP contribution in [-0.4, -0.2) is 11.0 Å². The lowest BCUT2D eigenvalue weighted by Gasteiger charge is -2.26. The molecular weight excluding hydrogens is 248 g/mol. The molecule has 2 N–H and O–H groups in total. The highest BCUT2D eigenvalue weighted by Crippen LogP contribution is 2.28. The Balaban J connectivity index is 2.17. The van der Waals surface area contributed by atoms with E-state index in [4.69, 9.17) is 10.5 Å². The Morgan fingerprint density at radius 1 is 1.10 bits per heavy atom. The van der Waals surface area contributed by atoms with E-state index >= 15 is 0 Å². The molecule has 0 saturated carbocycles. The summed E-state index contributed by atoms with van der Waals surface area (Å²) in [5.41, 5.74) is 8.25. The Morgan fingerprint density at radius 2 is 1.80 bits per heavy atom. The molecular formula is C17H22N2O. The van der Waals surface area contributed by atoms with Gasteiger partial charge >= 0.3 is 0 Å². The molecule has 1 heterocycles. The molecule has 0 radical (unpaired) electrons. The molecule has 0 aliphatic carbocycles. The highest BCUT2D eigenvalue weighted by molar-refractivity contribution is 5.17. The summed E-state index contributed by atoms with van der Waals surface area (Å²) in [6, 6.07) is 16.0. The lowest BCUT2D eigenvalue weighted by molar-refractivity contribution is -0.0222. The van der Waals surface area contributed by atoms with E-state index in [1.165, 1.54) is 0 Å². The minimum Gasteiger partial charge on any atom is -0.363 e. The van der Waals surface area contributed by atoms with Gasteiger partial charge in [0.2, 0.25) is 0 Å². The van der Waals surface area contributed by atoms with Gasteiger partial charge in [-0.3, -0.25) is 4.98 Å². The molecule has 0 bridgehead atoms. The zero-order valence-corrected chi connectivity index (χ0v) is 12.1. The molecule has 2 aromatic rings. The molecule has 0 amide bonds. The second-order valence-electron chi connectivity index (χ2n) is 4.94. The Bertz CT molecular complexity index is 501. The number of hydrogen-bond acceptors (Lipinski definition) is 3. The molecule has 0 spiro atoms. The van der Waals surface area contributed by atoms with Crippen molar-refractivity contribution < 1.29 is 4.74 Å². The molecule has 1 aromatic heterocycles. The van der Waals surface area contributed by atoms with Crippen molar-refractivity contribution in [2.75, 3.05) is 0 Å². The van der Waals surface area contributed by atoms with Crippen molar-refractivity contribution in [2.45, 2.75) is 38.5 Å². The maximum atomic E-state index is 6.21. The Labute approximate surface area is 120 Å². The standard InChI is InChI=1S/C17H22N2O/c1-3-15(18)17(16-11-7-8-12-19-16)20-13(2)14-9-5-4-6-10-14/h4-13,15,17H,3,18H2,1-2H3. The number of benzene rings is 1. The van der Waals surface area contributed by atoms with Gasteiger partial charge in [-0.2, -0.15) is 0 Å². The van der Waals surface area contributed by atoms with E-state index in [0.717, 1.165) is 17.7 Å². The van der Waals surface area contributed by atoms with Gasteiger partial charge in [-0.15, -0.1) is 0 Å². The van der Waals surface area contributed by atoms with Crippen LogP contribution in [0.2, 0.25) is 0 Å². The average molecular weight is 270 g/mol. The van der Waals surface area contributed by atoms with Crippen LogP contribution in [0.1, 0.15) is 43.7 Å². The SMILES string of the molecule is CCC(N)C(OC(C)c1ccccc1)c1ccccn1. The average Bonchev–Trinajstić information content (AvgIpc) is 2.53. The van der Waals surface area contributed by atoms with E-state index in [0.29, 0.717) is 0 Å². The van der Waals surface area contributed by atoms with E-state index in [-0.39, 0.29) is 18.2 Å². The first-order valence-electron chi connectivity index (χ1n) is 7.09. The molecule has 3 unspecified atom stereocenters. The highest BCUT2D eigenvalue weighted by Gasteiger charge is 2.23. The largest absolute Gasteiger partial charge is 0.363 e. The fourth-order valence-corrected chi connectivity index (χ4v) is 2.17. The molecule has 106 valence electrons. The number of aromatic nitrogens is 1. The van der Waals surface area contributed by atoms with Crippen LogP contribution in [0.15, 0.2) is 54.7 Å². The topological polar surface area (TPSA) is 48.1 Å². The normalized spacial score (nSPS) is 15.6. The van der Waals surface area contributed by atoms with Gasteiger partial charge in [-0.1, -0.05) is 43.3 Å². The number of pyridine rings is 1. The Morgan fingerprint density at radius 3 is 2.40 bits per heavy atom. The predicted molar refractivity (Wildman–Crippen MR) is 81.2 cm³/mol. The van der Waals surface area contributed by atoms with E-state index in [1.54, 1.807) is 6.20 Å². The molecule has 0 fully saturated rings. The zero-order valence-electron chi connectivity index (χ0n) is 12.1. The van der Waals surface area contributed by atoms with Crippen LogP contribution in [0.4, 0.5) is 0 Å². The van der Waals surface area contributed by atoms with Crippen molar-refractivity contribution >= 4 is 0 Å². The third-order valence-corrected chi connectivity index (χ3v) is 3.46. The summed E-state index contributed by atoms with van der Waals surface area (Å²) in [5.74, 6) is 0. The molecule has 20 heavy (non-hydrogen) atoms. The van der Waals surface area contributed by atoms with Crippen LogP contribution in [0.5, 0.6) is 0 Å². The first kappa shape index (κ1) is 14.7. The van der Waals surface area contributed by atoms with Crippen LogP contribution >= 0.6 is 0 Å². The van der Waals surface area contributed by atoms with Crippen LogP contribution < -0.4 is 5.73 Å². The van der Waals surface area contributed by atoms with Gasteiger partial charge in [-0.05, 0) is 31.0 Å². The molecule has 3 atom stereocenters. The lowest BCUT2D eigenvalue weighted by Crippen LogP contribution is -2.30. The number of nitrogens with zero attached hydrogens (tertiary/aromatic N) is 1. The predicted octanol–water partition coefficient (Wildman–Crippen LogP) is 3.64. The second kappa shape index (κ2) is 7.17. The minimum atomic E-state index is -0.184. The molecule has 3 nitrogen and oxygen atoms in total. The maximum absolute atomic E-state index is 6.21. The van der Waals surface area contributed by atoms with Crippen LogP contribution in [0.25, 0.3) is 0 Å². The van der Waals surface area contributed by atoms with Gasteiger partial charge in [0.25, 0.3) is 0 Å². The third-order valence-electron chi connectivity index (χ3n) is 3.46. The van der Waals surface area contributed by atoms with Gasteiger partial charge in [0.1, 0.15) is 6.10 Å². The summed E-state index contributed by atoms with van der Waals surface area (Å²) in [5, 5.41) is 0. The van der Waals surface area contributed by atoms with E-state index in [1.807, 2.05) is 43.3 Å². The first-order valence-corrected chi connectivity index (χ1v) is 7.09. The van der Waals surface area contributed by atoms with Crippen molar-refractivity contribution in [3.05, 3.63) is 66.0 Å². The fourth-order valence-electron chi connectivity index (χ4n) is 2.17. The maximum Gasteiger partial charge on any atom is 0.115 e. The van der Waals surface area contributed by atoms with Crippen LogP contribution in [0.3, 0.4) is 0 Å². The summed E-state index contributed by atoms with van der Waals surface area (Å²) in [7, 11) is 0. The minimum absolute atomic E-state index is 0.0131. The van der Waals surface area contributed by atoms with Crippen LogP contribution in [-0.2, 0) is 4.74 Å². The molecule has 0 aliphatic rings. The lowest BCUT2D eigenvalue weighted by atomic mass is 10.0. The fraction of sp³-hybridized carbons (Fsp3) is 0.353. The summed E-state index contributed by atoms with van der Waals surface area (Å²) >= 11 is 0. The third kappa shape index (κ3) is 3.65. The van der Waals surface area contributed by atoms with Gasteiger partial charge in [0, 0.05) is 12.2 Å². The second-order valence-corrected chi connectivity index (χ2v) is 4.94. The van der Waals surface area contributed by atoms with Crippen molar-refractivity contribution in [3.8, 4) is 0 Å². The number of rotatable bonds is 6. The molecule has 0 aliphatic heterocycles. The van der Waals surface area contributed by atoms with E-state index in [9.17, 15) is 0 Å². The van der Waals surface area contributed by atoms with E-state index in [2.05, 4.69) is 24.0 Å². The van der Waals surface area contributed by atoms with E-state index < -0.39 is 0 Å². The van der Waals surface area contributed by atoms with Gasteiger partial charge < -0.3 is 10.5 Å². The smallest absolute Gasteiger partial charge is 0.115 e. The number of hydrogen-bond donors (Lipinski definition) is 1. The first-order chi connectivity index (χ1) is 9.72. The van der Waals surface area contributed by atoms with Gasteiger partial charge in [0.05, 0.1) is 11.8 Å². The number of ether oxygens (including phenoxy) is 1. The molecule has 2 rings (SSSR count). The number of nitrogens with two attached hydrogens (primary N) is 1. The summed E-state index contributed by atoms with van der Waals surface area (Å²) < 4.78 is 6.19.